The smallest absolute Gasteiger partial charge is 0.254 e. The van der Waals surface area contributed by atoms with Crippen LogP contribution in [0.1, 0.15) is 32.6 Å². The van der Waals surface area contributed by atoms with Gasteiger partial charge in [-0.2, -0.15) is 0 Å². The first-order chi connectivity index (χ1) is 20.9. The van der Waals surface area contributed by atoms with Crippen LogP contribution in [0.25, 0.3) is 0 Å². The molecule has 220 valence electrons. The van der Waals surface area contributed by atoms with Gasteiger partial charge in [0.1, 0.15) is 42.7 Å². The third-order valence-corrected chi connectivity index (χ3v) is 6.79. The molecule has 1 amide bonds. The Morgan fingerprint density at radius 2 is 1.09 bits per heavy atom. The van der Waals surface area contributed by atoms with Crippen molar-refractivity contribution in [2.75, 3.05) is 0 Å². The van der Waals surface area contributed by atoms with E-state index in [9.17, 15) is 13.6 Å². The molecule has 8 heteroatoms. The zero-order valence-electron chi connectivity index (χ0n) is 23.2. The highest BCUT2D eigenvalue weighted by Crippen LogP contribution is 2.25. The summed E-state index contributed by atoms with van der Waals surface area (Å²) in [5, 5.41) is 0.857. The minimum atomic E-state index is -1.19. The predicted octanol–water partition coefficient (Wildman–Crippen LogP) is 8.38. The highest BCUT2D eigenvalue weighted by Gasteiger charge is 2.19. The Bertz CT molecular complexity index is 1620. The van der Waals surface area contributed by atoms with Crippen LogP contribution >= 0.6 is 15.9 Å². The number of halogens is 3. The standard InChI is InChI=1S/C21H17F2NO3.C14H13BrO/c22-17-9-10-18(20(23)19(17)21(24)25)27-13-15-7-4-8-16(11-15)26-12-14-5-2-1-3-6-14;15-10-13-7-4-8-14(9-13)16-11-12-5-2-1-3-6-12/h1-11H,12-13H2,(H2,24,25);1-9H,10-11H2. The first-order valence-electron chi connectivity index (χ1n) is 13.4. The summed E-state index contributed by atoms with van der Waals surface area (Å²) in [7, 11) is 0. The Balaban J connectivity index is 0.000000225. The van der Waals surface area contributed by atoms with Crippen LogP contribution in [-0.2, 0) is 25.2 Å². The van der Waals surface area contributed by atoms with Crippen LogP contribution in [-0.4, -0.2) is 5.91 Å². The Labute approximate surface area is 258 Å². The number of carbonyl (C=O) groups excluding carboxylic acids is 1. The number of benzene rings is 5. The van der Waals surface area contributed by atoms with E-state index in [2.05, 4.69) is 40.2 Å². The number of amides is 1. The van der Waals surface area contributed by atoms with Gasteiger partial charge in [-0.05, 0) is 58.7 Å². The lowest BCUT2D eigenvalue weighted by Gasteiger charge is -2.11. The summed E-state index contributed by atoms with van der Waals surface area (Å²) < 4.78 is 44.5. The zero-order chi connectivity index (χ0) is 30.4. The molecule has 5 nitrogen and oxygen atoms in total. The van der Waals surface area contributed by atoms with Gasteiger partial charge < -0.3 is 19.9 Å². The van der Waals surface area contributed by atoms with Crippen molar-refractivity contribution in [2.45, 2.75) is 25.2 Å². The molecule has 43 heavy (non-hydrogen) atoms. The van der Waals surface area contributed by atoms with E-state index in [1.54, 1.807) is 24.3 Å². The van der Waals surface area contributed by atoms with Crippen LogP contribution in [0.15, 0.2) is 121 Å². The van der Waals surface area contributed by atoms with Crippen molar-refractivity contribution in [2.24, 2.45) is 5.73 Å². The van der Waals surface area contributed by atoms with Crippen LogP contribution in [0, 0.1) is 11.6 Å². The maximum absolute atomic E-state index is 14.2. The molecular formula is C35H30BrF2NO4. The van der Waals surface area contributed by atoms with Gasteiger partial charge in [-0.25, -0.2) is 8.78 Å². The van der Waals surface area contributed by atoms with E-state index in [-0.39, 0.29) is 12.4 Å². The van der Waals surface area contributed by atoms with E-state index in [0.29, 0.717) is 19.0 Å². The topological polar surface area (TPSA) is 70.8 Å². The number of alkyl halides is 1. The lowest BCUT2D eigenvalue weighted by atomic mass is 10.1. The first-order valence-corrected chi connectivity index (χ1v) is 14.5. The first kappa shape index (κ1) is 31.3. The molecule has 0 aliphatic heterocycles. The van der Waals surface area contributed by atoms with Crippen LogP contribution in [0.5, 0.6) is 17.2 Å². The summed E-state index contributed by atoms with van der Waals surface area (Å²) in [6.45, 7) is 1.05. The van der Waals surface area contributed by atoms with Gasteiger partial charge in [0.05, 0.1) is 0 Å². The van der Waals surface area contributed by atoms with Crippen molar-refractivity contribution in [1.82, 2.24) is 0 Å². The fourth-order valence-electron chi connectivity index (χ4n) is 3.96. The Kier molecular flexibility index (Phi) is 11.7. The van der Waals surface area contributed by atoms with Crippen molar-refractivity contribution >= 4 is 21.8 Å². The molecule has 0 radical (unpaired) electrons. The number of primary amides is 1. The van der Waals surface area contributed by atoms with E-state index in [4.69, 9.17) is 19.9 Å². The number of hydrogen-bond acceptors (Lipinski definition) is 4. The fraction of sp³-hybridized carbons (Fsp3) is 0.114. The monoisotopic (exact) mass is 645 g/mol. The highest BCUT2D eigenvalue weighted by atomic mass is 79.9. The van der Waals surface area contributed by atoms with E-state index in [1.807, 2.05) is 60.7 Å². The van der Waals surface area contributed by atoms with Gasteiger partial charge >= 0.3 is 0 Å². The summed E-state index contributed by atoms with van der Waals surface area (Å²) in [5.41, 5.74) is 8.36. The third kappa shape index (κ3) is 9.68. The van der Waals surface area contributed by atoms with Crippen molar-refractivity contribution in [3.8, 4) is 17.2 Å². The van der Waals surface area contributed by atoms with E-state index in [1.165, 1.54) is 11.1 Å². The largest absolute Gasteiger partial charge is 0.489 e. The van der Waals surface area contributed by atoms with Crippen molar-refractivity contribution in [3.05, 3.63) is 161 Å². The summed E-state index contributed by atoms with van der Waals surface area (Å²) in [5.74, 6) is -2.02. The molecule has 0 aliphatic rings. The number of ether oxygens (including phenoxy) is 3. The average molecular weight is 647 g/mol. The molecule has 0 atom stereocenters. The molecule has 0 bridgehead atoms. The summed E-state index contributed by atoms with van der Waals surface area (Å²) in [6, 6.07) is 37.2. The summed E-state index contributed by atoms with van der Waals surface area (Å²) >= 11 is 3.43. The SMILES string of the molecule is BrCc1cccc(OCc2ccccc2)c1.NC(=O)c1c(F)ccc(OCc2cccc(OCc3ccccc3)c2)c1F. The van der Waals surface area contributed by atoms with Crippen molar-refractivity contribution < 1.29 is 27.8 Å². The molecule has 5 aromatic carbocycles. The molecule has 0 spiro atoms. The number of rotatable bonds is 11. The normalized spacial score (nSPS) is 10.3. The number of nitrogens with two attached hydrogens (primary N) is 1. The molecule has 0 saturated carbocycles. The quantitative estimate of drug-likeness (QED) is 0.146. The third-order valence-electron chi connectivity index (χ3n) is 6.14. The molecule has 0 saturated heterocycles. The number of carbonyl (C=O) groups is 1. The van der Waals surface area contributed by atoms with Gasteiger partial charge in [0.25, 0.3) is 5.91 Å². The zero-order valence-corrected chi connectivity index (χ0v) is 24.8. The Morgan fingerprint density at radius 3 is 1.63 bits per heavy atom. The lowest BCUT2D eigenvalue weighted by molar-refractivity contribution is 0.0991. The van der Waals surface area contributed by atoms with Crippen LogP contribution in [0.3, 0.4) is 0 Å². The molecule has 0 aliphatic carbocycles. The second-order valence-corrected chi connectivity index (χ2v) is 9.93. The van der Waals surface area contributed by atoms with Crippen LogP contribution in [0.2, 0.25) is 0 Å². The molecule has 0 aromatic heterocycles. The van der Waals surface area contributed by atoms with Gasteiger partial charge in [-0.1, -0.05) is 101 Å². The number of hydrogen-bond donors (Lipinski definition) is 1. The predicted molar refractivity (Wildman–Crippen MR) is 166 cm³/mol. The van der Waals surface area contributed by atoms with Crippen molar-refractivity contribution in [3.63, 3.8) is 0 Å². The Morgan fingerprint density at radius 1 is 0.605 bits per heavy atom. The van der Waals surface area contributed by atoms with E-state index >= 15 is 0 Å². The summed E-state index contributed by atoms with van der Waals surface area (Å²) in [6.07, 6.45) is 0. The second kappa shape index (κ2) is 16.1. The summed E-state index contributed by atoms with van der Waals surface area (Å²) in [4.78, 5) is 11.2. The van der Waals surface area contributed by atoms with Gasteiger partial charge in [0.15, 0.2) is 11.6 Å². The molecule has 5 rings (SSSR count). The van der Waals surface area contributed by atoms with E-state index in [0.717, 1.165) is 34.3 Å². The maximum atomic E-state index is 14.2. The average Bonchev–Trinajstić information content (AvgIpc) is 3.04. The van der Waals surface area contributed by atoms with Crippen LogP contribution < -0.4 is 19.9 Å². The molecule has 0 fully saturated rings. The molecular weight excluding hydrogens is 616 g/mol. The Hall–Kier alpha value is -4.69. The van der Waals surface area contributed by atoms with Gasteiger partial charge in [0, 0.05) is 5.33 Å². The minimum absolute atomic E-state index is 0.0172. The van der Waals surface area contributed by atoms with E-state index < -0.39 is 23.1 Å². The second-order valence-electron chi connectivity index (χ2n) is 9.36. The fourth-order valence-corrected chi connectivity index (χ4v) is 4.31. The van der Waals surface area contributed by atoms with Crippen LogP contribution in [0.4, 0.5) is 8.78 Å². The van der Waals surface area contributed by atoms with Gasteiger partial charge in [-0.15, -0.1) is 0 Å². The highest BCUT2D eigenvalue weighted by molar-refractivity contribution is 9.08. The molecule has 5 aromatic rings. The lowest BCUT2D eigenvalue weighted by Crippen LogP contribution is -2.16. The van der Waals surface area contributed by atoms with Gasteiger partial charge in [-0.3, -0.25) is 4.79 Å². The van der Waals surface area contributed by atoms with Gasteiger partial charge in [0.2, 0.25) is 0 Å². The molecule has 0 unspecified atom stereocenters. The minimum Gasteiger partial charge on any atom is -0.489 e. The molecule has 2 N–H and O–H groups in total. The molecule has 0 heterocycles. The van der Waals surface area contributed by atoms with Crippen molar-refractivity contribution in [1.29, 1.82) is 0 Å². The maximum Gasteiger partial charge on any atom is 0.254 e.